The number of anilines is 3. The average Bonchev–Trinajstić information content (AvgIpc) is 3.56. The molecule has 194 valence electrons. The summed E-state index contributed by atoms with van der Waals surface area (Å²) in [6.45, 7) is 0.375. The Morgan fingerprint density at radius 1 is 1.11 bits per heavy atom. The first-order chi connectivity index (χ1) is 17.6. The molecule has 5 rings (SSSR count). The maximum atomic E-state index is 12.6. The summed E-state index contributed by atoms with van der Waals surface area (Å²) in [6.07, 6.45) is -3.57. The molecule has 15 heteroatoms. The molecule has 1 amide bonds. The van der Waals surface area contributed by atoms with Crippen LogP contribution < -0.4 is 22.1 Å². The average molecular weight is 569 g/mol. The second-order valence-electron chi connectivity index (χ2n) is 7.97. The van der Waals surface area contributed by atoms with E-state index in [-0.39, 0.29) is 17.9 Å². The van der Waals surface area contributed by atoms with Gasteiger partial charge in [0.1, 0.15) is 5.01 Å². The quantitative estimate of drug-likeness (QED) is 0.266. The van der Waals surface area contributed by atoms with Gasteiger partial charge in [0.2, 0.25) is 22.3 Å². The first-order valence-corrected chi connectivity index (χ1v) is 12.7. The number of alkyl halides is 3. The minimum Gasteiger partial charge on any atom is -0.367 e. The minimum absolute atomic E-state index is 0.0243. The Labute approximate surface area is 222 Å². The smallest absolute Gasteiger partial charge is 0.367 e. The van der Waals surface area contributed by atoms with Crippen LogP contribution in [0.4, 0.5) is 30.8 Å². The van der Waals surface area contributed by atoms with E-state index in [9.17, 15) is 18.0 Å². The Morgan fingerprint density at radius 3 is 2.49 bits per heavy atom. The van der Waals surface area contributed by atoms with Crippen molar-refractivity contribution in [2.24, 2.45) is 5.73 Å². The lowest BCUT2D eigenvalue weighted by atomic mass is 10.0. The van der Waals surface area contributed by atoms with Crippen LogP contribution in [0.25, 0.3) is 10.6 Å². The number of nitrogen functional groups attached to an aromatic ring is 1. The van der Waals surface area contributed by atoms with Crippen molar-refractivity contribution >= 4 is 58.2 Å². The highest BCUT2D eigenvalue weighted by Gasteiger charge is 2.30. The van der Waals surface area contributed by atoms with Crippen LogP contribution in [-0.4, -0.2) is 37.2 Å². The molecule has 1 atom stereocenters. The van der Waals surface area contributed by atoms with Crippen molar-refractivity contribution in [1.29, 1.82) is 0 Å². The Bertz CT molecular complexity index is 1360. The van der Waals surface area contributed by atoms with E-state index in [2.05, 4.69) is 29.3 Å². The van der Waals surface area contributed by atoms with Crippen LogP contribution in [0.5, 0.6) is 0 Å². The molecule has 9 nitrogen and oxygen atoms in total. The Balaban J connectivity index is 0.000000396. The van der Waals surface area contributed by atoms with Crippen molar-refractivity contribution in [3.05, 3.63) is 63.6 Å². The third-order valence-corrected chi connectivity index (χ3v) is 6.70. The molecule has 1 aliphatic heterocycles. The van der Waals surface area contributed by atoms with Gasteiger partial charge in [0.25, 0.3) is 0 Å². The lowest BCUT2D eigenvalue weighted by Crippen LogP contribution is -2.31. The molecule has 6 N–H and O–H groups in total. The van der Waals surface area contributed by atoms with Gasteiger partial charge in [-0.2, -0.15) is 31.9 Å². The monoisotopic (exact) mass is 568 g/mol. The molecule has 0 saturated heterocycles. The molecule has 37 heavy (non-hydrogen) atoms. The normalized spacial score (nSPS) is 13.4. The van der Waals surface area contributed by atoms with E-state index < -0.39 is 11.7 Å². The summed E-state index contributed by atoms with van der Waals surface area (Å²) in [6, 6.07) is 10.3. The maximum Gasteiger partial charge on any atom is 0.416 e. The van der Waals surface area contributed by atoms with Crippen molar-refractivity contribution in [3.63, 3.8) is 0 Å². The zero-order chi connectivity index (χ0) is 26.6. The molecule has 0 bridgehead atoms. The van der Waals surface area contributed by atoms with Crippen molar-refractivity contribution in [1.82, 2.24) is 18.7 Å². The number of nitrogens with one attached hydrogen (secondary N) is 2. The summed E-state index contributed by atoms with van der Waals surface area (Å²) in [5.74, 6) is 0.659. The first kappa shape index (κ1) is 26.7. The molecule has 1 aliphatic rings. The van der Waals surface area contributed by atoms with Crippen LogP contribution >= 0.6 is 34.7 Å². The molecule has 0 spiro atoms. The largest absolute Gasteiger partial charge is 0.416 e. The van der Waals surface area contributed by atoms with Gasteiger partial charge < -0.3 is 22.1 Å². The summed E-state index contributed by atoms with van der Waals surface area (Å²) >= 11 is 7.64. The summed E-state index contributed by atoms with van der Waals surface area (Å²) in [7, 11) is 0. The number of nitrogens with zero attached hydrogens (tertiary/aromatic N) is 4. The van der Waals surface area contributed by atoms with Gasteiger partial charge in [-0.1, -0.05) is 12.1 Å². The molecular weight excluding hydrogens is 549 g/mol. The molecule has 0 aliphatic carbocycles. The van der Waals surface area contributed by atoms with Gasteiger partial charge >= 0.3 is 6.18 Å². The zero-order valence-corrected chi connectivity index (χ0v) is 21.3. The number of amides is 1. The van der Waals surface area contributed by atoms with Crippen LogP contribution in [0.1, 0.15) is 16.7 Å². The predicted molar refractivity (Wildman–Crippen MR) is 139 cm³/mol. The van der Waals surface area contributed by atoms with E-state index in [0.29, 0.717) is 29.8 Å². The van der Waals surface area contributed by atoms with E-state index in [1.54, 1.807) is 0 Å². The Morgan fingerprint density at radius 2 is 1.86 bits per heavy atom. The van der Waals surface area contributed by atoms with E-state index in [1.165, 1.54) is 23.7 Å². The highest BCUT2D eigenvalue weighted by Crippen LogP contribution is 2.31. The molecule has 2 aromatic carbocycles. The van der Waals surface area contributed by atoms with Crippen molar-refractivity contribution < 1.29 is 18.0 Å². The number of rotatable bonds is 6. The Kier molecular flexibility index (Phi) is 8.22. The number of nitrogens with two attached hydrogens (primary N) is 2. The van der Waals surface area contributed by atoms with Crippen LogP contribution in [0.3, 0.4) is 0 Å². The third kappa shape index (κ3) is 7.35. The minimum atomic E-state index is -4.35. The number of halogens is 4. The highest BCUT2D eigenvalue weighted by atomic mass is 35.5. The molecule has 4 aromatic rings. The summed E-state index contributed by atoms with van der Waals surface area (Å²) < 4.78 is 46.1. The molecule has 1 unspecified atom stereocenters. The van der Waals surface area contributed by atoms with Gasteiger partial charge in [-0.05, 0) is 71.0 Å². The van der Waals surface area contributed by atoms with Gasteiger partial charge in [0.05, 0.1) is 12.0 Å². The molecule has 3 heterocycles. The maximum absolute atomic E-state index is 12.6. The lowest BCUT2D eigenvalue weighted by molar-refractivity contribution is -0.137. The second kappa shape index (κ2) is 11.4. The van der Waals surface area contributed by atoms with Crippen LogP contribution in [-0.2, 0) is 23.8 Å². The van der Waals surface area contributed by atoms with Crippen molar-refractivity contribution in [3.8, 4) is 10.6 Å². The number of fused-ring (bicyclic) bond motifs is 1. The topological polar surface area (TPSA) is 145 Å². The van der Waals surface area contributed by atoms with Crippen LogP contribution in [0.15, 0.2) is 42.5 Å². The standard InChI is InChI=1S/C20H18F3N5OS.C2H2ClN3S/c21-20(22,23)14-4-1-11(2-5-14)7-15(24)10-25-19-27-18(30-28-19)12-3-6-16-13(8-12)9-17(29)26-16;3-1-5-2(4)6-7-1/h1-6,8,15H,7,9-10,24H2,(H,25,28)(H,26,29);(H2,4,6). The van der Waals surface area contributed by atoms with Gasteiger partial charge in [0.15, 0.2) is 0 Å². The van der Waals surface area contributed by atoms with Crippen molar-refractivity contribution in [2.75, 3.05) is 22.9 Å². The van der Waals surface area contributed by atoms with Gasteiger partial charge in [-0.25, -0.2) is 0 Å². The first-order valence-electron chi connectivity index (χ1n) is 10.7. The zero-order valence-electron chi connectivity index (χ0n) is 18.9. The van der Waals surface area contributed by atoms with E-state index >= 15 is 0 Å². The molecule has 2 aromatic heterocycles. The number of hydrogen-bond donors (Lipinski definition) is 4. The van der Waals surface area contributed by atoms with E-state index in [0.717, 1.165) is 51.1 Å². The van der Waals surface area contributed by atoms with Gasteiger partial charge in [-0.15, -0.1) is 0 Å². The number of carbonyl (C=O) groups excluding carboxylic acids is 1. The number of aromatic nitrogens is 4. The van der Waals surface area contributed by atoms with Gasteiger partial charge in [0, 0.05) is 35.4 Å². The van der Waals surface area contributed by atoms with Crippen molar-refractivity contribution in [2.45, 2.75) is 25.1 Å². The summed E-state index contributed by atoms with van der Waals surface area (Å²) in [4.78, 5) is 19.5. The second-order valence-corrected chi connectivity index (χ2v) is 10.1. The van der Waals surface area contributed by atoms with Crippen LogP contribution in [0, 0.1) is 0 Å². The lowest BCUT2D eigenvalue weighted by Gasteiger charge is -2.13. The third-order valence-electron chi connectivity index (χ3n) is 5.12. The van der Waals surface area contributed by atoms with Gasteiger partial charge in [-0.3, -0.25) is 4.79 Å². The van der Waals surface area contributed by atoms with E-state index in [4.69, 9.17) is 23.1 Å². The number of benzene rings is 2. The Hall–Kier alpha value is -3.33. The SMILES string of the molecule is NC(CNc1nsc(-c2ccc3c(c2)CC(=O)N3)n1)Cc1ccc(C(F)(F)F)cc1.Nc1nsc(Cl)n1. The number of hydrogen-bond acceptors (Lipinski definition) is 10. The highest BCUT2D eigenvalue weighted by molar-refractivity contribution is 7.10. The molecular formula is C22H20ClF3N8OS2. The summed E-state index contributed by atoms with van der Waals surface area (Å²) in [5, 5.41) is 6.58. The fourth-order valence-electron chi connectivity index (χ4n) is 3.42. The molecule has 0 fully saturated rings. The van der Waals surface area contributed by atoms with E-state index in [1.807, 2.05) is 18.2 Å². The predicted octanol–water partition coefficient (Wildman–Crippen LogP) is 4.47. The summed E-state index contributed by atoms with van der Waals surface area (Å²) in [5.41, 5.74) is 13.9. The fourth-order valence-corrected chi connectivity index (χ4v) is 4.59. The number of carbonyl (C=O) groups is 1. The fraction of sp³-hybridized carbons (Fsp3) is 0.227. The van der Waals surface area contributed by atoms with Crippen LogP contribution in [0.2, 0.25) is 4.47 Å². The molecule has 0 saturated carbocycles. The molecule has 0 radical (unpaired) electrons.